The quantitative estimate of drug-likeness (QED) is 0.538. The molecule has 0 amide bonds. The van der Waals surface area contributed by atoms with E-state index in [0.717, 1.165) is 25.9 Å². The van der Waals surface area contributed by atoms with Gasteiger partial charge < -0.3 is 15.7 Å². The molecule has 0 aromatic carbocycles. The molecule has 72 valence electrons. The SMILES string of the molecule is OC1(C2C=CC=CN2)CCNCC1. The summed E-state index contributed by atoms with van der Waals surface area (Å²) >= 11 is 0. The molecule has 3 nitrogen and oxygen atoms in total. The van der Waals surface area contributed by atoms with Crippen LogP contribution >= 0.6 is 0 Å². The monoisotopic (exact) mass is 180 g/mol. The summed E-state index contributed by atoms with van der Waals surface area (Å²) in [6.45, 7) is 1.82. The van der Waals surface area contributed by atoms with Gasteiger partial charge in [-0.2, -0.15) is 0 Å². The summed E-state index contributed by atoms with van der Waals surface area (Å²) in [6, 6.07) is 0.0830. The van der Waals surface area contributed by atoms with E-state index < -0.39 is 5.60 Å². The average molecular weight is 180 g/mol. The third-order valence-corrected chi connectivity index (χ3v) is 2.83. The Morgan fingerprint density at radius 3 is 2.62 bits per heavy atom. The molecule has 1 saturated heterocycles. The van der Waals surface area contributed by atoms with Crippen molar-refractivity contribution in [2.75, 3.05) is 13.1 Å². The Bertz CT molecular complexity index is 229. The van der Waals surface area contributed by atoms with E-state index in [0.29, 0.717) is 0 Å². The lowest BCUT2D eigenvalue weighted by atomic mass is 9.84. The van der Waals surface area contributed by atoms with Gasteiger partial charge in [0.15, 0.2) is 0 Å². The van der Waals surface area contributed by atoms with E-state index in [1.165, 1.54) is 0 Å². The van der Waals surface area contributed by atoms with Crippen molar-refractivity contribution < 1.29 is 5.11 Å². The Balaban J connectivity index is 2.04. The third kappa shape index (κ3) is 1.76. The number of dihydropyridines is 1. The molecule has 2 heterocycles. The molecule has 0 aromatic rings. The Morgan fingerprint density at radius 2 is 2.00 bits per heavy atom. The Morgan fingerprint density at radius 1 is 1.23 bits per heavy atom. The fourth-order valence-corrected chi connectivity index (χ4v) is 1.95. The molecular formula is C10H16N2O. The molecule has 2 aliphatic heterocycles. The van der Waals surface area contributed by atoms with Crippen LogP contribution in [0.3, 0.4) is 0 Å². The first-order valence-corrected chi connectivity index (χ1v) is 4.84. The summed E-state index contributed by atoms with van der Waals surface area (Å²) in [4.78, 5) is 0. The Hall–Kier alpha value is -0.800. The van der Waals surface area contributed by atoms with E-state index in [-0.39, 0.29) is 6.04 Å². The van der Waals surface area contributed by atoms with Crippen molar-refractivity contribution in [2.24, 2.45) is 0 Å². The molecule has 3 N–H and O–H groups in total. The average Bonchev–Trinajstić information content (AvgIpc) is 2.20. The number of rotatable bonds is 1. The van der Waals surface area contributed by atoms with Gasteiger partial charge in [-0.25, -0.2) is 0 Å². The molecule has 0 aromatic heterocycles. The van der Waals surface area contributed by atoms with Gasteiger partial charge in [0, 0.05) is 0 Å². The number of allylic oxidation sites excluding steroid dienone is 2. The second kappa shape index (κ2) is 3.52. The minimum Gasteiger partial charge on any atom is -0.387 e. The highest BCUT2D eigenvalue weighted by Crippen LogP contribution is 2.24. The van der Waals surface area contributed by atoms with Gasteiger partial charge in [-0.15, -0.1) is 0 Å². The highest BCUT2D eigenvalue weighted by molar-refractivity contribution is 5.17. The maximum atomic E-state index is 10.3. The third-order valence-electron chi connectivity index (χ3n) is 2.83. The topological polar surface area (TPSA) is 44.3 Å². The highest BCUT2D eigenvalue weighted by atomic mass is 16.3. The minimum absolute atomic E-state index is 0.0830. The fraction of sp³-hybridized carbons (Fsp3) is 0.600. The number of aliphatic hydroxyl groups is 1. The lowest BCUT2D eigenvalue weighted by Crippen LogP contribution is -2.54. The number of hydrogen-bond donors (Lipinski definition) is 3. The van der Waals surface area contributed by atoms with Crippen molar-refractivity contribution >= 4 is 0 Å². The van der Waals surface area contributed by atoms with E-state index in [4.69, 9.17) is 0 Å². The molecule has 3 heteroatoms. The smallest absolute Gasteiger partial charge is 0.0907 e. The minimum atomic E-state index is -0.563. The van der Waals surface area contributed by atoms with Crippen molar-refractivity contribution in [1.29, 1.82) is 0 Å². The van der Waals surface area contributed by atoms with Gasteiger partial charge in [0.25, 0.3) is 0 Å². The van der Waals surface area contributed by atoms with Crippen molar-refractivity contribution in [3.8, 4) is 0 Å². The second-order valence-electron chi connectivity index (χ2n) is 3.74. The van der Waals surface area contributed by atoms with Gasteiger partial charge in [0.1, 0.15) is 0 Å². The number of nitrogens with one attached hydrogen (secondary N) is 2. The normalized spacial score (nSPS) is 31.3. The van der Waals surface area contributed by atoms with Crippen LogP contribution in [0.2, 0.25) is 0 Å². The van der Waals surface area contributed by atoms with Gasteiger partial charge in [-0.05, 0) is 38.2 Å². The van der Waals surface area contributed by atoms with E-state index >= 15 is 0 Å². The van der Waals surface area contributed by atoms with Crippen LogP contribution < -0.4 is 10.6 Å². The van der Waals surface area contributed by atoms with Crippen LogP contribution in [0, 0.1) is 0 Å². The fourth-order valence-electron chi connectivity index (χ4n) is 1.95. The van der Waals surface area contributed by atoms with Gasteiger partial charge >= 0.3 is 0 Å². The highest BCUT2D eigenvalue weighted by Gasteiger charge is 2.36. The Labute approximate surface area is 78.5 Å². The predicted octanol–water partition coefficient (Wildman–Crippen LogP) is 0.143. The van der Waals surface area contributed by atoms with Crippen molar-refractivity contribution in [1.82, 2.24) is 10.6 Å². The molecule has 0 bridgehead atoms. The van der Waals surface area contributed by atoms with Crippen LogP contribution in [0.5, 0.6) is 0 Å². The zero-order valence-corrected chi connectivity index (χ0v) is 7.66. The molecular weight excluding hydrogens is 164 g/mol. The van der Waals surface area contributed by atoms with E-state index in [1.807, 2.05) is 24.4 Å². The van der Waals surface area contributed by atoms with Crippen molar-refractivity contribution in [3.63, 3.8) is 0 Å². The predicted molar refractivity (Wildman–Crippen MR) is 52.3 cm³/mol. The molecule has 1 unspecified atom stereocenters. The molecule has 0 spiro atoms. The van der Waals surface area contributed by atoms with Crippen LogP contribution in [-0.4, -0.2) is 29.8 Å². The summed E-state index contributed by atoms with van der Waals surface area (Å²) in [7, 11) is 0. The molecule has 1 atom stereocenters. The van der Waals surface area contributed by atoms with Gasteiger partial charge in [-0.1, -0.05) is 12.2 Å². The first-order valence-electron chi connectivity index (χ1n) is 4.84. The maximum Gasteiger partial charge on any atom is 0.0907 e. The summed E-state index contributed by atoms with van der Waals surface area (Å²) < 4.78 is 0. The van der Waals surface area contributed by atoms with Crippen molar-refractivity contribution in [2.45, 2.75) is 24.5 Å². The zero-order valence-electron chi connectivity index (χ0n) is 7.66. The largest absolute Gasteiger partial charge is 0.387 e. The van der Waals surface area contributed by atoms with Gasteiger partial charge in [0.05, 0.1) is 11.6 Å². The zero-order chi connectivity index (χ0) is 9.15. The second-order valence-corrected chi connectivity index (χ2v) is 3.74. The van der Waals surface area contributed by atoms with Crippen LogP contribution in [0.1, 0.15) is 12.8 Å². The van der Waals surface area contributed by atoms with Crippen LogP contribution in [0.4, 0.5) is 0 Å². The van der Waals surface area contributed by atoms with Gasteiger partial charge in [0.2, 0.25) is 0 Å². The van der Waals surface area contributed by atoms with E-state index in [9.17, 15) is 5.11 Å². The van der Waals surface area contributed by atoms with Crippen LogP contribution in [0.25, 0.3) is 0 Å². The van der Waals surface area contributed by atoms with Gasteiger partial charge in [-0.3, -0.25) is 0 Å². The first kappa shape index (κ1) is 8.78. The number of piperidine rings is 1. The standard InChI is InChI=1S/C10H16N2O/c13-10(4-7-11-8-5-10)9-3-1-2-6-12-9/h1-3,6,9,11-13H,4-5,7-8H2. The Kier molecular flexibility index (Phi) is 2.38. The molecule has 0 saturated carbocycles. The molecule has 0 radical (unpaired) electrons. The molecule has 2 aliphatic rings. The number of hydrogen-bond acceptors (Lipinski definition) is 3. The van der Waals surface area contributed by atoms with Crippen LogP contribution in [0.15, 0.2) is 24.4 Å². The molecule has 2 rings (SSSR count). The summed E-state index contributed by atoms with van der Waals surface area (Å²) in [6.07, 6.45) is 9.50. The summed E-state index contributed by atoms with van der Waals surface area (Å²) in [5, 5.41) is 16.7. The van der Waals surface area contributed by atoms with Crippen molar-refractivity contribution in [3.05, 3.63) is 24.4 Å². The first-order chi connectivity index (χ1) is 6.31. The molecule has 13 heavy (non-hydrogen) atoms. The molecule has 0 aliphatic carbocycles. The lowest BCUT2D eigenvalue weighted by Gasteiger charge is -2.38. The lowest BCUT2D eigenvalue weighted by molar-refractivity contribution is -0.00772. The maximum absolute atomic E-state index is 10.3. The summed E-state index contributed by atoms with van der Waals surface area (Å²) in [5.41, 5.74) is -0.563. The van der Waals surface area contributed by atoms with E-state index in [1.54, 1.807) is 0 Å². The summed E-state index contributed by atoms with van der Waals surface area (Å²) in [5.74, 6) is 0. The van der Waals surface area contributed by atoms with E-state index in [2.05, 4.69) is 10.6 Å². The molecule has 1 fully saturated rings. The van der Waals surface area contributed by atoms with Crippen LogP contribution in [-0.2, 0) is 0 Å².